The smallest absolute Gasteiger partial charge is 0.252 e. The number of thiazole rings is 1. The fraction of sp³-hybridized carbons (Fsp3) is 0.125. The predicted octanol–water partition coefficient (Wildman–Crippen LogP) is 4.87. The van der Waals surface area contributed by atoms with Gasteiger partial charge in [0.15, 0.2) is 0 Å². The molecule has 0 bridgehead atoms. The van der Waals surface area contributed by atoms with Gasteiger partial charge in [0.05, 0.1) is 22.7 Å². The van der Waals surface area contributed by atoms with Crippen molar-refractivity contribution in [1.29, 1.82) is 0 Å². The number of amides is 1. The van der Waals surface area contributed by atoms with Gasteiger partial charge in [-0.2, -0.15) is 0 Å². The van der Waals surface area contributed by atoms with E-state index in [2.05, 4.69) is 32.3 Å². The van der Waals surface area contributed by atoms with Crippen molar-refractivity contribution in [3.8, 4) is 9.88 Å². The lowest BCUT2D eigenvalue weighted by Crippen LogP contribution is -2.23. The number of hydrogen-bond donors (Lipinski definition) is 1. The molecule has 2 aromatic heterocycles. The molecule has 0 aliphatic carbocycles. The molecule has 0 aliphatic rings. The maximum atomic E-state index is 12.2. The van der Waals surface area contributed by atoms with E-state index in [-0.39, 0.29) is 5.91 Å². The fourth-order valence-electron chi connectivity index (χ4n) is 2.00. The summed E-state index contributed by atoms with van der Waals surface area (Å²) in [6, 6.07) is 11.5. The first-order valence-corrected chi connectivity index (χ1v) is 9.17. The zero-order valence-corrected chi connectivity index (χ0v) is 15.0. The van der Waals surface area contributed by atoms with Gasteiger partial charge in [0.1, 0.15) is 5.01 Å². The number of rotatable bonds is 4. The van der Waals surface area contributed by atoms with E-state index in [0.29, 0.717) is 12.1 Å². The van der Waals surface area contributed by atoms with Crippen LogP contribution in [0.3, 0.4) is 0 Å². The van der Waals surface area contributed by atoms with E-state index in [1.165, 1.54) is 0 Å². The molecule has 112 valence electrons. The average molecular weight is 393 g/mol. The molecule has 1 amide bonds. The Morgan fingerprint density at radius 2 is 2.09 bits per heavy atom. The molecule has 0 spiro atoms. The molecule has 6 heteroatoms. The van der Waals surface area contributed by atoms with Crippen LogP contribution in [-0.4, -0.2) is 10.9 Å². The van der Waals surface area contributed by atoms with Gasteiger partial charge in [-0.1, -0.05) is 18.2 Å². The van der Waals surface area contributed by atoms with Crippen molar-refractivity contribution in [3.05, 3.63) is 62.4 Å². The van der Waals surface area contributed by atoms with Crippen LogP contribution in [0.15, 0.2) is 46.3 Å². The Labute approximate surface area is 145 Å². The van der Waals surface area contributed by atoms with Crippen LogP contribution in [0.1, 0.15) is 20.9 Å². The molecule has 22 heavy (non-hydrogen) atoms. The molecular weight excluding hydrogens is 380 g/mol. The third-order valence-electron chi connectivity index (χ3n) is 3.15. The van der Waals surface area contributed by atoms with Crippen molar-refractivity contribution in [2.75, 3.05) is 0 Å². The van der Waals surface area contributed by atoms with Crippen molar-refractivity contribution < 1.29 is 4.79 Å². The normalized spacial score (nSPS) is 10.6. The van der Waals surface area contributed by atoms with Crippen LogP contribution in [0.5, 0.6) is 0 Å². The van der Waals surface area contributed by atoms with E-state index >= 15 is 0 Å². The second-order valence-electron chi connectivity index (χ2n) is 4.67. The summed E-state index contributed by atoms with van der Waals surface area (Å²) in [4.78, 5) is 19.1. The topological polar surface area (TPSA) is 42.0 Å². The Morgan fingerprint density at radius 3 is 2.82 bits per heavy atom. The zero-order valence-electron chi connectivity index (χ0n) is 11.8. The van der Waals surface area contributed by atoms with E-state index in [1.807, 2.05) is 36.6 Å². The van der Waals surface area contributed by atoms with E-state index in [1.54, 1.807) is 28.7 Å². The summed E-state index contributed by atoms with van der Waals surface area (Å²) in [5.41, 5.74) is 1.61. The van der Waals surface area contributed by atoms with E-state index in [9.17, 15) is 4.79 Å². The van der Waals surface area contributed by atoms with Crippen molar-refractivity contribution in [1.82, 2.24) is 10.3 Å². The minimum absolute atomic E-state index is 0.0852. The number of halogens is 1. The standard InChI is InChI=1S/C16H13BrN2OS2/c1-10-14(22-16(19-10)13-7-4-8-21-13)9-18-15(20)11-5-2-3-6-12(11)17/h2-8H,9H2,1H3,(H,18,20). The highest BCUT2D eigenvalue weighted by Gasteiger charge is 2.13. The molecule has 0 fully saturated rings. The molecule has 0 aliphatic heterocycles. The molecule has 1 aromatic carbocycles. The predicted molar refractivity (Wildman–Crippen MR) is 95.5 cm³/mol. The molecule has 0 saturated heterocycles. The zero-order chi connectivity index (χ0) is 15.5. The maximum Gasteiger partial charge on any atom is 0.252 e. The lowest BCUT2D eigenvalue weighted by molar-refractivity contribution is 0.0950. The highest BCUT2D eigenvalue weighted by Crippen LogP contribution is 2.31. The van der Waals surface area contributed by atoms with Crippen LogP contribution in [-0.2, 0) is 6.54 Å². The first-order valence-electron chi connectivity index (χ1n) is 6.68. The number of nitrogens with zero attached hydrogens (tertiary/aromatic N) is 1. The minimum Gasteiger partial charge on any atom is -0.347 e. The molecule has 3 nitrogen and oxygen atoms in total. The molecule has 0 saturated carbocycles. The quantitative estimate of drug-likeness (QED) is 0.687. The summed E-state index contributed by atoms with van der Waals surface area (Å²) >= 11 is 6.71. The lowest BCUT2D eigenvalue weighted by atomic mass is 10.2. The van der Waals surface area contributed by atoms with E-state index < -0.39 is 0 Å². The third-order valence-corrected chi connectivity index (χ3v) is 6.04. The summed E-state index contributed by atoms with van der Waals surface area (Å²) in [6.45, 7) is 2.47. The Kier molecular flexibility index (Phi) is 4.71. The van der Waals surface area contributed by atoms with Crippen LogP contribution < -0.4 is 5.32 Å². The van der Waals surface area contributed by atoms with Gasteiger partial charge in [-0.05, 0) is 46.4 Å². The average Bonchev–Trinajstić information content (AvgIpc) is 3.15. The monoisotopic (exact) mass is 392 g/mol. The number of carbonyl (C=O) groups excluding carboxylic acids is 1. The molecule has 3 rings (SSSR count). The number of hydrogen-bond acceptors (Lipinski definition) is 4. The van der Waals surface area contributed by atoms with Crippen molar-refractivity contribution in [2.45, 2.75) is 13.5 Å². The number of nitrogens with one attached hydrogen (secondary N) is 1. The third kappa shape index (κ3) is 3.29. The number of thiophene rings is 1. The van der Waals surface area contributed by atoms with Gasteiger partial charge in [-0.15, -0.1) is 22.7 Å². The minimum atomic E-state index is -0.0852. The van der Waals surface area contributed by atoms with Gasteiger partial charge in [0, 0.05) is 9.35 Å². The summed E-state index contributed by atoms with van der Waals surface area (Å²) in [5, 5.41) is 6.01. The van der Waals surface area contributed by atoms with Gasteiger partial charge >= 0.3 is 0 Å². The number of carbonyl (C=O) groups is 1. The van der Waals surface area contributed by atoms with Gasteiger partial charge in [0.2, 0.25) is 0 Å². The molecule has 0 radical (unpaired) electrons. The molecular formula is C16H13BrN2OS2. The SMILES string of the molecule is Cc1nc(-c2cccs2)sc1CNC(=O)c1ccccc1Br. The largest absolute Gasteiger partial charge is 0.347 e. The van der Waals surface area contributed by atoms with Gasteiger partial charge in [-0.3, -0.25) is 4.79 Å². The summed E-state index contributed by atoms with van der Waals surface area (Å²) in [7, 11) is 0. The van der Waals surface area contributed by atoms with Crippen molar-refractivity contribution >= 4 is 44.5 Å². The molecule has 0 atom stereocenters. The van der Waals surface area contributed by atoms with Crippen LogP contribution in [0, 0.1) is 6.92 Å². The Morgan fingerprint density at radius 1 is 1.27 bits per heavy atom. The van der Waals surface area contributed by atoms with Crippen molar-refractivity contribution in [2.24, 2.45) is 0 Å². The highest BCUT2D eigenvalue weighted by molar-refractivity contribution is 9.10. The van der Waals surface area contributed by atoms with Crippen LogP contribution in [0.2, 0.25) is 0 Å². The van der Waals surface area contributed by atoms with Gasteiger partial charge < -0.3 is 5.32 Å². The number of aromatic nitrogens is 1. The van der Waals surface area contributed by atoms with Gasteiger partial charge in [0.25, 0.3) is 5.91 Å². The Hall–Kier alpha value is -1.50. The second-order valence-corrected chi connectivity index (χ2v) is 7.55. The van der Waals surface area contributed by atoms with Crippen LogP contribution in [0.4, 0.5) is 0 Å². The first-order chi connectivity index (χ1) is 10.6. The lowest BCUT2D eigenvalue weighted by Gasteiger charge is -2.05. The van der Waals surface area contributed by atoms with Gasteiger partial charge in [-0.25, -0.2) is 4.98 Å². The number of benzene rings is 1. The molecule has 1 N–H and O–H groups in total. The summed E-state index contributed by atoms with van der Waals surface area (Å²) in [6.07, 6.45) is 0. The Balaban J connectivity index is 1.72. The molecule has 0 unspecified atom stereocenters. The molecule has 3 aromatic rings. The summed E-state index contributed by atoms with van der Waals surface area (Å²) in [5.74, 6) is -0.0852. The van der Waals surface area contributed by atoms with E-state index in [0.717, 1.165) is 24.9 Å². The highest BCUT2D eigenvalue weighted by atomic mass is 79.9. The second kappa shape index (κ2) is 6.73. The first kappa shape index (κ1) is 15.4. The van der Waals surface area contributed by atoms with Crippen molar-refractivity contribution in [3.63, 3.8) is 0 Å². The fourth-order valence-corrected chi connectivity index (χ4v) is 4.26. The number of aryl methyl sites for hydroxylation is 1. The maximum absolute atomic E-state index is 12.2. The van der Waals surface area contributed by atoms with Crippen LogP contribution in [0.25, 0.3) is 9.88 Å². The Bertz CT molecular complexity index is 796. The van der Waals surface area contributed by atoms with E-state index in [4.69, 9.17) is 0 Å². The molecule has 2 heterocycles. The summed E-state index contributed by atoms with van der Waals surface area (Å²) < 4.78 is 0.799. The van der Waals surface area contributed by atoms with Crippen LogP contribution >= 0.6 is 38.6 Å².